The number of hydrogen-bond donors (Lipinski definition) is 2. The van der Waals surface area contributed by atoms with Gasteiger partial charge in [0.05, 0.1) is 19.0 Å². The van der Waals surface area contributed by atoms with Crippen LogP contribution in [0, 0.1) is 0 Å². The minimum Gasteiger partial charge on any atom is -0.508 e. The largest absolute Gasteiger partial charge is 0.508 e. The Balaban J connectivity index is 1.71. The first kappa shape index (κ1) is 17.7. The second kappa shape index (κ2) is 8.28. The summed E-state index contributed by atoms with van der Waals surface area (Å²) in [6, 6.07) is 6.91. The van der Waals surface area contributed by atoms with Crippen molar-refractivity contribution >= 4 is 15.9 Å². The second-order valence-electron chi connectivity index (χ2n) is 5.31. The zero-order chi connectivity index (χ0) is 16.7. The number of sulfonamides is 1. The molecule has 1 fully saturated rings. The Kier molecular flexibility index (Phi) is 6.37. The molecule has 1 aliphatic heterocycles. The maximum absolute atomic E-state index is 12.1. The van der Waals surface area contributed by atoms with Crippen LogP contribution in [-0.4, -0.2) is 62.3 Å². The molecule has 1 aromatic carbocycles. The van der Waals surface area contributed by atoms with E-state index in [4.69, 9.17) is 4.74 Å². The Morgan fingerprint density at radius 2 is 1.96 bits per heavy atom. The zero-order valence-corrected chi connectivity index (χ0v) is 13.7. The third kappa shape index (κ3) is 5.49. The van der Waals surface area contributed by atoms with Crippen LogP contribution < -0.4 is 5.32 Å². The van der Waals surface area contributed by atoms with Gasteiger partial charge in [-0.1, -0.05) is 18.2 Å². The van der Waals surface area contributed by atoms with Gasteiger partial charge in [-0.2, -0.15) is 4.31 Å². The van der Waals surface area contributed by atoms with Crippen LogP contribution in [0.3, 0.4) is 0 Å². The number of nitrogens with one attached hydrogen (secondary N) is 1. The van der Waals surface area contributed by atoms with Crippen molar-refractivity contribution in [3.63, 3.8) is 0 Å². The number of carbonyl (C=O) groups excluding carboxylic acids is 1. The number of nitrogens with zero attached hydrogens (tertiary/aromatic N) is 1. The maximum atomic E-state index is 12.1. The topological polar surface area (TPSA) is 95.9 Å². The summed E-state index contributed by atoms with van der Waals surface area (Å²) in [5.74, 6) is -0.316. The fourth-order valence-corrected chi connectivity index (χ4v) is 3.73. The van der Waals surface area contributed by atoms with Crippen molar-refractivity contribution in [1.82, 2.24) is 9.62 Å². The lowest BCUT2D eigenvalue weighted by Gasteiger charge is -2.25. The number of carbonyl (C=O) groups is 1. The first-order valence-corrected chi connectivity index (χ1v) is 9.19. The molecule has 0 radical (unpaired) electrons. The maximum Gasteiger partial charge on any atom is 0.221 e. The lowest BCUT2D eigenvalue weighted by molar-refractivity contribution is -0.120. The average molecular weight is 342 g/mol. The van der Waals surface area contributed by atoms with Gasteiger partial charge in [-0.3, -0.25) is 4.79 Å². The molecular weight excluding hydrogens is 320 g/mol. The third-order valence-corrected chi connectivity index (χ3v) is 5.53. The Labute approximate surface area is 136 Å². The van der Waals surface area contributed by atoms with Crippen molar-refractivity contribution < 1.29 is 23.1 Å². The molecule has 0 saturated carbocycles. The van der Waals surface area contributed by atoms with Gasteiger partial charge in [-0.05, 0) is 18.1 Å². The molecule has 2 rings (SSSR count). The first-order valence-electron chi connectivity index (χ1n) is 7.58. The fourth-order valence-electron chi connectivity index (χ4n) is 2.32. The van der Waals surface area contributed by atoms with E-state index < -0.39 is 10.0 Å². The summed E-state index contributed by atoms with van der Waals surface area (Å²) in [6.07, 6.45) is 0.426. The van der Waals surface area contributed by atoms with Gasteiger partial charge in [-0.25, -0.2) is 8.42 Å². The standard InChI is InChI=1S/C15H22N2O5S/c18-14-4-2-1-3-13(14)5-7-16-15(19)6-12-23(20,21)17-8-10-22-11-9-17/h1-4,18H,5-12H2,(H,16,19). The number of hydrogen-bond acceptors (Lipinski definition) is 5. The van der Waals surface area contributed by atoms with Gasteiger partial charge < -0.3 is 15.2 Å². The van der Waals surface area contributed by atoms with Crippen LogP contribution in [0.2, 0.25) is 0 Å². The van der Waals surface area contributed by atoms with Crippen LogP contribution in [0.5, 0.6) is 5.75 Å². The second-order valence-corrected chi connectivity index (χ2v) is 7.39. The number of aromatic hydroxyl groups is 1. The molecule has 0 unspecified atom stereocenters. The number of rotatable bonds is 7. The zero-order valence-electron chi connectivity index (χ0n) is 12.9. The highest BCUT2D eigenvalue weighted by Gasteiger charge is 2.24. The van der Waals surface area contributed by atoms with Gasteiger partial charge in [0.25, 0.3) is 0 Å². The number of morpholine rings is 1. The summed E-state index contributed by atoms with van der Waals surface area (Å²) in [5.41, 5.74) is 0.744. The van der Waals surface area contributed by atoms with E-state index in [1.54, 1.807) is 18.2 Å². The van der Waals surface area contributed by atoms with E-state index in [0.717, 1.165) is 5.56 Å². The number of amides is 1. The third-order valence-electron chi connectivity index (χ3n) is 3.66. The normalized spacial score (nSPS) is 16.2. The van der Waals surface area contributed by atoms with Crippen molar-refractivity contribution in [2.45, 2.75) is 12.8 Å². The van der Waals surface area contributed by atoms with E-state index >= 15 is 0 Å². The quantitative estimate of drug-likeness (QED) is 0.733. The molecule has 8 heteroatoms. The van der Waals surface area contributed by atoms with Crippen LogP contribution in [0.15, 0.2) is 24.3 Å². The molecule has 0 atom stereocenters. The summed E-state index contributed by atoms with van der Waals surface area (Å²) in [5, 5.41) is 12.3. The van der Waals surface area contributed by atoms with Gasteiger partial charge in [0, 0.05) is 26.1 Å². The van der Waals surface area contributed by atoms with Crippen molar-refractivity contribution in [3.05, 3.63) is 29.8 Å². The molecule has 1 heterocycles. The van der Waals surface area contributed by atoms with E-state index in [-0.39, 0.29) is 23.8 Å². The molecule has 1 saturated heterocycles. The van der Waals surface area contributed by atoms with E-state index in [2.05, 4.69) is 5.32 Å². The van der Waals surface area contributed by atoms with Gasteiger partial charge >= 0.3 is 0 Å². The van der Waals surface area contributed by atoms with Gasteiger partial charge in [0.15, 0.2) is 0 Å². The van der Waals surface area contributed by atoms with Gasteiger partial charge in [-0.15, -0.1) is 0 Å². The van der Waals surface area contributed by atoms with Gasteiger partial charge in [0.2, 0.25) is 15.9 Å². The number of phenolic OH excluding ortho intramolecular Hbond substituents is 1. The van der Waals surface area contributed by atoms with Crippen LogP contribution in [0.25, 0.3) is 0 Å². The van der Waals surface area contributed by atoms with Crippen LogP contribution in [0.4, 0.5) is 0 Å². The minimum atomic E-state index is -3.41. The predicted molar refractivity (Wildman–Crippen MR) is 85.6 cm³/mol. The molecule has 0 spiro atoms. The predicted octanol–water partition coefficient (Wildman–Crippen LogP) is 0.103. The lowest BCUT2D eigenvalue weighted by Crippen LogP contribution is -2.42. The molecule has 23 heavy (non-hydrogen) atoms. The molecule has 0 bridgehead atoms. The Bertz CT molecular complexity index is 627. The van der Waals surface area contributed by atoms with E-state index in [1.165, 1.54) is 4.31 Å². The summed E-state index contributed by atoms with van der Waals surface area (Å²) in [4.78, 5) is 11.8. The summed E-state index contributed by atoms with van der Waals surface area (Å²) < 4.78 is 30.7. The highest BCUT2D eigenvalue weighted by Crippen LogP contribution is 2.15. The Morgan fingerprint density at radius 3 is 2.65 bits per heavy atom. The number of ether oxygens (including phenoxy) is 1. The molecule has 1 aromatic rings. The summed E-state index contributed by atoms with van der Waals surface area (Å²) >= 11 is 0. The SMILES string of the molecule is O=C(CCS(=O)(=O)N1CCOCC1)NCCc1ccccc1O. The lowest BCUT2D eigenvalue weighted by atomic mass is 10.1. The van der Waals surface area contributed by atoms with Crippen molar-refractivity contribution in [2.75, 3.05) is 38.6 Å². The van der Waals surface area contributed by atoms with E-state index in [9.17, 15) is 18.3 Å². The summed E-state index contributed by atoms with van der Waals surface area (Å²) in [7, 11) is -3.41. The Morgan fingerprint density at radius 1 is 1.26 bits per heavy atom. The van der Waals surface area contributed by atoms with Crippen LogP contribution in [-0.2, 0) is 26.0 Å². The highest BCUT2D eigenvalue weighted by atomic mass is 32.2. The molecular formula is C15H22N2O5S. The first-order chi connectivity index (χ1) is 11.0. The van der Waals surface area contributed by atoms with E-state index in [0.29, 0.717) is 39.3 Å². The molecule has 7 nitrogen and oxygen atoms in total. The highest BCUT2D eigenvalue weighted by molar-refractivity contribution is 7.89. The van der Waals surface area contributed by atoms with E-state index in [1.807, 2.05) is 6.07 Å². The molecule has 0 aliphatic carbocycles. The van der Waals surface area contributed by atoms with Crippen LogP contribution in [0.1, 0.15) is 12.0 Å². The smallest absolute Gasteiger partial charge is 0.221 e. The molecule has 1 aliphatic rings. The number of para-hydroxylation sites is 1. The molecule has 128 valence electrons. The van der Waals surface area contributed by atoms with Crippen molar-refractivity contribution in [2.24, 2.45) is 0 Å². The number of benzene rings is 1. The molecule has 2 N–H and O–H groups in total. The average Bonchev–Trinajstić information content (AvgIpc) is 2.56. The van der Waals surface area contributed by atoms with Crippen molar-refractivity contribution in [3.8, 4) is 5.75 Å². The van der Waals surface area contributed by atoms with Crippen molar-refractivity contribution in [1.29, 1.82) is 0 Å². The minimum absolute atomic E-state index is 0.0690. The number of phenols is 1. The van der Waals surface area contributed by atoms with Crippen LogP contribution >= 0.6 is 0 Å². The van der Waals surface area contributed by atoms with Gasteiger partial charge in [0.1, 0.15) is 5.75 Å². The summed E-state index contributed by atoms with van der Waals surface area (Å²) in [6.45, 7) is 1.83. The monoisotopic (exact) mass is 342 g/mol. The Hall–Kier alpha value is -1.64. The fraction of sp³-hybridized carbons (Fsp3) is 0.533. The molecule has 0 aromatic heterocycles. The molecule has 1 amide bonds.